The quantitative estimate of drug-likeness (QED) is 0.368. The first-order valence-electron chi connectivity index (χ1n) is 9.41. The molecule has 0 fully saturated rings. The van der Waals surface area contributed by atoms with E-state index < -0.39 is 22.5 Å². The molecule has 0 aliphatic carbocycles. The Hall–Kier alpha value is -2.16. The fourth-order valence-corrected chi connectivity index (χ4v) is 5.28. The maximum Gasteiger partial charge on any atom is 0.268 e. The number of nitrogens with zero attached hydrogens (tertiary/aromatic N) is 1. The summed E-state index contributed by atoms with van der Waals surface area (Å²) in [4.78, 5) is 12.8. The van der Waals surface area contributed by atoms with Gasteiger partial charge in [0.15, 0.2) is 0 Å². The molecule has 0 saturated heterocycles. The average Bonchev–Trinajstić information content (AvgIpc) is 2.77. The Labute approximate surface area is 212 Å². The van der Waals surface area contributed by atoms with E-state index in [9.17, 15) is 13.2 Å². The van der Waals surface area contributed by atoms with E-state index in [0.29, 0.717) is 5.56 Å². The summed E-state index contributed by atoms with van der Waals surface area (Å²) in [6.07, 6.45) is 0. The van der Waals surface area contributed by atoms with E-state index in [1.54, 1.807) is 37.3 Å². The van der Waals surface area contributed by atoms with Gasteiger partial charge in [-0.2, -0.15) is 0 Å². The molecule has 0 bridgehead atoms. The fourth-order valence-electron chi connectivity index (χ4n) is 2.98. The van der Waals surface area contributed by atoms with E-state index in [4.69, 9.17) is 51.1 Å². The van der Waals surface area contributed by atoms with Crippen molar-refractivity contribution < 1.29 is 17.9 Å². The lowest BCUT2D eigenvalue weighted by Gasteiger charge is -2.25. The number of halogens is 4. The zero-order valence-corrected chi connectivity index (χ0v) is 21.2. The van der Waals surface area contributed by atoms with Gasteiger partial charge in [-0.3, -0.25) is 9.10 Å². The molecule has 0 spiro atoms. The lowest BCUT2D eigenvalue weighted by molar-refractivity contribution is -0.114. The Morgan fingerprint density at radius 2 is 1.70 bits per heavy atom. The Morgan fingerprint density at radius 1 is 0.970 bits per heavy atom. The van der Waals surface area contributed by atoms with Gasteiger partial charge in [-0.25, -0.2) is 8.42 Å². The van der Waals surface area contributed by atoms with Crippen LogP contribution in [0.4, 0.5) is 11.4 Å². The second kappa shape index (κ2) is 10.4. The molecule has 33 heavy (non-hydrogen) atoms. The van der Waals surface area contributed by atoms with E-state index in [1.807, 2.05) is 0 Å². The molecule has 0 aliphatic rings. The third-order valence-electron chi connectivity index (χ3n) is 4.59. The smallest absolute Gasteiger partial charge is 0.268 e. The minimum Gasteiger partial charge on any atom is -0.495 e. The number of rotatable bonds is 7. The Bertz CT molecular complexity index is 1320. The molecule has 1 N–H and O–H groups in total. The van der Waals surface area contributed by atoms with Crippen LogP contribution in [-0.4, -0.2) is 28.0 Å². The standard InChI is InChI=1S/C22H18Cl4N2O4S/c1-13-6-9-19(32-2)20(10-13)33(30,31)28(14-7-8-15(23)17(25)11-14)12-21(29)27-18-5-3-4-16(24)22(18)26/h3-11H,12H2,1-2H3,(H,27,29). The molecule has 3 rings (SSSR count). The van der Waals surface area contributed by atoms with Crippen LogP contribution in [0.3, 0.4) is 0 Å². The van der Waals surface area contributed by atoms with Gasteiger partial charge in [-0.1, -0.05) is 58.5 Å². The van der Waals surface area contributed by atoms with E-state index in [2.05, 4.69) is 5.32 Å². The highest BCUT2D eigenvalue weighted by atomic mass is 35.5. The predicted molar refractivity (Wildman–Crippen MR) is 134 cm³/mol. The average molecular weight is 548 g/mol. The van der Waals surface area contributed by atoms with Crippen LogP contribution in [0.15, 0.2) is 59.5 Å². The summed E-state index contributed by atoms with van der Waals surface area (Å²) in [5.74, 6) is -0.524. The third-order valence-corrected chi connectivity index (χ3v) is 7.94. The number of nitrogens with one attached hydrogen (secondary N) is 1. The van der Waals surface area contributed by atoms with Crippen LogP contribution in [-0.2, 0) is 14.8 Å². The monoisotopic (exact) mass is 546 g/mol. The predicted octanol–water partition coefficient (Wildman–Crippen LogP) is 6.45. The van der Waals surface area contributed by atoms with E-state index in [0.717, 1.165) is 4.31 Å². The van der Waals surface area contributed by atoms with Gasteiger partial charge in [0.1, 0.15) is 17.2 Å². The van der Waals surface area contributed by atoms with Crippen molar-refractivity contribution in [1.82, 2.24) is 0 Å². The molecule has 0 aromatic heterocycles. The van der Waals surface area contributed by atoms with Crippen LogP contribution < -0.4 is 14.4 Å². The van der Waals surface area contributed by atoms with E-state index in [-0.39, 0.29) is 42.1 Å². The lowest BCUT2D eigenvalue weighted by atomic mass is 10.2. The number of methoxy groups -OCH3 is 1. The van der Waals surface area contributed by atoms with Crippen molar-refractivity contribution in [3.05, 3.63) is 80.3 Å². The summed E-state index contributed by atoms with van der Waals surface area (Å²) in [6, 6.07) is 13.7. The van der Waals surface area contributed by atoms with E-state index >= 15 is 0 Å². The number of sulfonamides is 1. The van der Waals surface area contributed by atoms with Gasteiger partial charge in [-0.15, -0.1) is 0 Å². The van der Waals surface area contributed by atoms with Gasteiger partial charge >= 0.3 is 0 Å². The van der Waals surface area contributed by atoms with Gasteiger partial charge in [0.05, 0.1) is 38.6 Å². The lowest BCUT2D eigenvalue weighted by Crippen LogP contribution is -2.38. The number of amides is 1. The molecule has 0 aliphatic heterocycles. The number of hydrogen-bond acceptors (Lipinski definition) is 4. The molecule has 0 saturated carbocycles. The molecule has 0 heterocycles. The topological polar surface area (TPSA) is 75.7 Å². The highest BCUT2D eigenvalue weighted by Gasteiger charge is 2.31. The Balaban J connectivity index is 2.07. The van der Waals surface area contributed by atoms with Crippen molar-refractivity contribution in [2.75, 3.05) is 23.3 Å². The molecule has 11 heteroatoms. The highest BCUT2D eigenvalue weighted by molar-refractivity contribution is 7.93. The van der Waals surface area contributed by atoms with E-state index in [1.165, 1.54) is 31.4 Å². The molecule has 3 aromatic carbocycles. The summed E-state index contributed by atoms with van der Waals surface area (Å²) in [5, 5.41) is 3.33. The van der Waals surface area contributed by atoms with Crippen molar-refractivity contribution in [2.24, 2.45) is 0 Å². The number of carbonyl (C=O) groups is 1. The third kappa shape index (κ3) is 5.67. The molecule has 6 nitrogen and oxygen atoms in total. The van der Waals surface area contributed by atoms with Gasteiger partial charge in [0.2, 0.25) is 5.91 Å². The second-order valence-electron chi connectivity index (χ2n) is 6.91. The van der Waals surface area contributed by atoms with Crippen molar-refractivity contribution in [3.8, 4) is 5.75 Å². The summed E-state index contributed by atoms with van der Waals surface area (Å²) < 4.78 is 33.6. The SMILES string of the molecule is COc1ccc(C)cc1S(=O)(=O)N(CC(=O)Nc1cccc(Cl)c1Cl)c1ccc(Cl)c(Cl)c1. The zero-order valence-electron chi connectivity index (χ0n) is 17.4. The molecule has 1 amide bonds. The number of benzene rings is 3. The number of carbonyl (C=O) groups excluding carboxylic acids is 1. The highest BCUT2D eigenvalue weighted by Crippen LogP contribution is 2.34. The van der Waals surface area contributed by atoms with Crippen molar-refractivity contribution in [1.29, 1.82) is 0 Å². The first-order chi connectivity index (χ1) is 15.5. The number of hydrogen-bond donors (Lipinski definition) is 1. The van der Waals surface area contributed by atoms with Crippen molar-refractivity contribution >= 4 is 73.7 Å². The van der Waals surface area contributed by atoms with Crippen molar-refractivity contribution in [3.63, 3.8) is 0 Å². The van der Waals surface area contributed by atoms with Gasteiger partial charge < -0.3 is 10.1 Å². The minimum absolute atomic E-state index is 0.107. The largest absolute Gasteiger partial charge is 0.495 e. The fraction of sp³-hybridized carbons (Fsp3) is 0.136. The van der Waals surface area contributed by atoms with Crippen LogP contribution in [0.25, 0.3) is 0 Å². The summed E-state index contributed by atoms with van der Waals surface area (Å²) in [6.45, 7) is 1.16. The molecular weight excluding hydrogens is 530 g/mol. The molecule has 174 valence electrons. The normalized spacial score (nSPS) is 11.2. The molecular formula is C22H18Cl4N2O4S. The van der Waals surface area contributed by atoms with Crippen molar-refractivity contribution in [2.45, 2.75) is 11.8 Å². The number of ether oxygens (including phenoxy) is 1. The van der Waals surface area contributed by atoms with Crippen LogP contribution in [0.2, 0.25) is 20.1 Å². The summed E-state index contributed by atoms with van der Waals surface area (Å²) in [7, 11) is -2.91. The maximum atomic E-state index is 13.7. The molecule has 3 aromatic rings. The minimum atomic E-state index is -4.27. The van der Waals surface area contributed by atoms with Gasteiger partial charge in [0.25, 0.3) is 10.0 Å². The zero-order chi connectivity index (χ0) is 24.3. The molecule has 0 unspecified atom stereocenters. The van der Waals surface area contributed by atoms with Gasteiger partial charge in [-0.05, 0) is 55.0 Å². The second-order valence-corrected chi connectivity index (χ2v) is 10.3. The van der Waals surface area contributed by atoms with Gasteiger partial charge in [0, 0.05) is 0 Å². The summed E-state index contributed by atoms with van der Waals surface area (Å²) in [5.41, 5.74) is 1.08. The molecule has 0 atom stereocenters. The van der Waals surface area contributed by atoms with Crippen LogP contribution >= 0.6 is 46.4 Å². The van der Waals surface area contributed by atoms with Crippen LogP contribution in [0.1, 0.15) is 5.56 Å². The molecule has 0 radical (unpaired) electrons. The Morgan fingerprint density at radius 3 is 2.36 bits per heavy atom. The Kier molecular flexibility index (Phi) is 8.03. The van der Waals surface area contributed by atoms with Crippen LogP contribution in [0.5, 0.6) is 5.75 Å². The summed E-state index contributed by atoms with van der Waals surface area (Å²) >= 11 is 24.3. The van der Waals surface area contributed by atoms with Crippen LogP contribution in [0, 0.1) is 6.92 Å². The first kappa shape index (κ1) is 25.5. The number of aryl methyl sites for hydroxylation is 1. The maximum absolute atomic E-state index is 13.7. The first-order valence-corrected chi connectivity index (χ1v) is 12.4. The number of anilines is 2.